The molecule has 1 atom stereocenters. The highest BCUT2D eigenvalue weighted by molar-refractivity contribution is 6.03. The normalized spacial score (nSPS) is 22.1. The maximum absolute atomic E-state index is 12.6. The van der Waals surface area contributed by atoms with Crippen LogP contribution in [-0.4, -0.2) is 54.6 Å². The molecule has 20 heavy (non-hydrogen) atoms. The van der Waals surface area contributed by atoms with Crippen LogP contribution in [0.2, 0.25) is 0 Å². The van der Waals surface area contributed by atoms with Crippen LogP contribution in [0.15, 0.2) is 12.1 Å². The molecule has 1 saturated heterocycles. The Bertz CT molecular complexity index is 583. The Hall–Kier alpha value is -2.08. The first-order valence-corrected chi connectivity index (χ1v) is 6.43. The summed E-state index contributed by atoms with van der Waals surface area (Å²) in [6.45, 7) is 1.07. The lowest BCUT2D eigenvalue weighted by Crippen LogP contribution is -2.51. The maximum atomic E-state index is 12.6. The smallest absolute Gasteiger partial charge is 0.255 e. The molecule has 1 N–H and O–H groups in total. The summed E-state index contributed by atoms with van der Waals surface area (Å²) in [6, 6.07) is 2.40. The van der Waals surface area contributed by atoms with Gasteiger partial charge < -0.3 is 19.5 Å². The van der Waals surface area contributed by atoms with Crippen LogP contribution in [0.25, 0.3) is 0 Å². The molecule has 0 unspecified atom stereocenters. The van der Waals surface area contributed by atoms with E-state index in [9.17, 15) is 14.7 Å². The van der Waals surface area contributed by atoms with Gasteiger partial charge in [-0.15, -0.1) is 0 Å². The predicted octanol–water partition coefficient (Wildman–Crippen LogP) is 0.367. The average Bonchev–Trinajstić information content (AvgIpc) is 2.55. The summed E-state index contributed by atoms with van der Waals surface area (Å²) in [7, 11) is 1.42. The summed E-state index contributed by atoms with van der Waals surface area (Å²) < 4.78 is 10.3. The van der Waals surface area contributed by atoms with Crippen molar-refractivity contribution in [3.05, 3.63) is 23.3 Å². The van der Waals surface area contributed by atoms with Crippen molar-refractivity contribution in [2.75, 3.05) is 26.9 Å². The topological polar surface area (TPSA) is 76.1 Å². The Kier molecular flexibility index (Phi) is 3.10. The molecule has 106 valence electrons. The molecule has 6 heteroatoms. The Morgan fingerprint density at radius 1 is 1.40 bits per heavy atom. The van der Waals surface area contributed by atoms with E-state index < -0.39 is 6.04 Å². The summed E-state index contributed by atoms with van der Waals surface area (Å²) in [5, 5.41) is 9.80. The van der Waals surface area contributed by atoms with E-state index >= 15 is 0 Å². The molecule has 0 saturated carbocycles. The van der Waals surface area contributed by atoms with Gasteiger partial charge in [-0.25, -0.2) is 0 Å². The molecule has 0 bridgehead atoms. The number of amides is 1. The Morgan fingerprint density at radius 2 is 2.20 bits per heavy atom. The average molecular weight is 277 g/mol. The van der Waals surface area contributed by atoms with Crippen molar-refractivity contribution in [3.63, 3.8) is 0 Å². The number of phenolic OH excluding ortho intramolecular Hbond substituents is 1. The third-order valence-corrected chi connectivity index (χ3v) is 3.76. The lowest BCUT2D eigenvalue weighted by Gasteiger charge is -2.33. The number of carbonyl (C=O) groups excluding carboxylic acids is 2. The third-order valence-electron chi connectivity index (χ3n) is 3.76. The Morgan fingerprint density at radius 3 is 2.95 bits per heavy atom. The largest absolute Gasteiger partial charge is 0.504 e. The second-order valence-corrected chi connectivity index (χ2v) is 4.91. The highest BCUT2D eigenvalue weighted by atomic mass is 16.5. The fourth-order valence-electron chi connectivity index (χ4n) is 2.69. The van der Waals surface area contributed by atoms with Crippen LogP contribution >= 0.6 is 0 Å². The number of Topliss-reactive ketones (excluding diaryl/α,β-unsaturated/α-hetero) is 1. The summed E-state index contributed by atoms with van der Waals surface area (Å²) in [4.78, 5) is 26.4. The monoisotopic (exact) mass is 277 g/mol. The molecule has 0 aromatic heterocycles. The molecule has 2 aliphatic heterocycles. The molecule has 0 spiro atoms. The van der Waals surface area contributed by atoms with Gasteiger partial charge in [0.25, 0.3) is 5.91 Å². The van der Waals surface area contributed by atoms with Gasteiger partial charge >= 0.3 is 0 Å². The number of ketones is 1. The lowest BCUT2D eigenvalue weighted by molar-refractivity contribution is -0.127. The molecule has 1 aromatic carbocycles. The first kappa shape index (κ1) is 12.9. The van der Waals surface area contributed by atoms with E-state index in [1.54, 1.807) is 4.90 Å². The van der Waals surface area contributed by atoms with Crippen molar-refractivity contribution in [2.24, 2.45) is 0 Å². The van der Waals surface area contributed by atoms with Crippen molar-refractivity contribution in [1.82, 2.24) is 4.90 Å². The van der Waals surface area contributed by atoms with E-state index in [2.05, 4.69) is 0 Å². The number of hydrogen-bond donors (Lipinski definition) is 1. The number of carbonyl (C=O) groups is 2. The zero-order chi connectivity index (χ0) is 14.3. The minimum atomic E-state index is -0.531. The van der Waals surface area contributed by atoms with Crippen LogP contribution in [0.5, 0.6) is 11.5 Å². The third kappa shape index (κ3) is 1.92. The van der Waals surface area contributed by atoms with E-state index in [-0.39, 0.29) is 36.2 Å². The van der Waals surface area contributed by atoms with Crippen molar-refractivity contribution in [2.45, 2.75) is 12.5 Å². The molecule has 1 fully saturated rings. The van der Waals surface area contributed by atoms with Gasteiger partial charge in [0.15, 0.2) is 17.3 Å². The lowest BCUT2D eigenvalue weighted by atomic mass is 10.0. The Labute approximate surface area is 115 Å². The molecule has 1 aromatic rings. The Balaban J connectivity index is 2.10. The van der Waals surface area contributed by atoms with Crippen LogP contribution in [0.1, 0.15) is 15.9 Å². The second-order valence-electron chi connectivity index (χ2n) is 4.91. The van der Waals surface area contributed by atoms with Gasteiger partial charge in [-0.05, 0) is 17.7 Å². The van der Waals surface area contributed by atoms with Gasteiger partial charge in [-0.2, -0.15) is 0 Å². The van der Waals surface area contributed by atoms with Crippen LogP contribution in [0, 0.1) is 0 Å². The van der Waals surface area contributed by atoms with Gasteiger partial charge in [-0.3, -0.25) is 9.59 Å². The number of aromatic hydroxyl groups is 1. The van der Waals surface area contributed by atoms with Crippen molar-refractivity contribution in [3.8, 4) is 11.5 Å². The van der Waals surface area contributed by atoms with Gasteiger partial charge in [0, 0.05) is 18.5 Å². The van der Waals surface area contributed by atoms with E-state index in [0.717, 1.165) is 0 Å². The second kappa shape index (κ2) is 4.79. The number of fused-ring (bicyclic) bond motifs is 2. The number of morpholine rings is 1. The first-order chi connectivity index (χ1) is 9.61. The van der Waals surface area contributed by atoms with Crippen LogP contribution in [0.3, 0.4) is 0 Å². The number of nitrogens with zero attached hydrogens (tertiary/aromatic N) is 1. The zero-order valence-electron chi connectivity index (χ0n) is 11.1. The van der Waals surface area contributed by atoms with Crippen molar-refractivity contribution in [1.29, 1.82) is 0 Å². The first-order valence-electron chi connectivity index (χ1n) is 6.43. The molecule has 0 radical (unpaired) electrons. The van der Waals surface area contributed by atoms with Crippen LogP contribution < -0.4 is 4.74 Å². The summed E-state index contributed by atoms with van der Waals surface area (Å²) >= 11 is 0. The molecule has 2 heterocycles. The number of rotatable bonds is 1. The summed E-state index contributed by atoms with van der Waals surface area (Å²) in [5.41, 5.74) is 0.949. The quantitative estimate of drug-likeness (QED) is 0.802. The molecule has 6 nitrogen and oxygen atoms in total. The minimum Gasteiger partial charge on any atom is -0.504 e. The maximum Gasteiger partial charge on any atom is 0.255 e. The van der Waals surface area contributed by atoms with Gasteiger partial charge in [0.1, 0.15) is 6.04 Å². The molecular formula is C14H15NO5. The highest BCUT2D eigenvalue weighted by Crippen LogP contribution is 2.33. The van der Waals surface area contributed by atoms with Crippen molar-refractivity contribution >= 4 is 11.7 Å². The van der Waals surface area contributed by atoms with E-state index in [0.29, 0.717) is 24.3 Å². The van der Waals surface area contributed by atoms with Gasteiger partial charge in [-0.1, -0.05) is 0 Å². The number of methoxy groups -OCH3 is 1. The number of ether oxygens (including phenoxy) is 2. The number of phenols is 1. The van der Waals surface area contributed by atoms with E-state index in [1.807, 2.05) is 0 Å². The molecular weight excluding hydrogens is 262 g/mol. The highest BCUT2D eigenvalue weighted by Gasteiger charge is 2.37. The molecule has 3 rings (SSSR count). The standard InChI is InChI=1S/C14H15NO5/c1-19-13-6-9-8(5-12(13)17)4-11(16)10-7-20-3-2-15(10)14(9)18/h5-6,10,17H,2-4,7H2,1H3/t10-/m0/s1. The van der Waals surface area contributed by atoms with Gasteiger partial charge in [0.05, 0.1) is 20.3 Å². The fourth-order valence-corrected chi connectivity index (χ4v) is 2.69. The van der Waals surface area contributed by atoms with Gasteiger partial charge in [0.2, 0.25) is 0 Å². The number of hydrogen-bond acceptors (Lipinski definition) is 5. The van der Waals surface area contributed by atoms with Crippen molar-refractivity contribution < 1.29 is 24.2 Å². The summed E-state index contributed by atoms with van der Waals surface area (Å²) in [5.74, 6) is -0.113. The van der Waals surface area contributed by atoms with E-state index in [4.69, 9.17) is 9.47 Å². The van der Waals surface area contributed by atoms with Crippen LogP contribution in [0.4, 0.5) is 0 Å². The predicted molar refractivity (Wildman–Crippen MR) is 69.0 cm³/mol. The zero-order valence-corrected chi connectivity index (χ0v) is 11.1. The van der Waals surface area contributed by atoms with E-state index in [1.165, 1.54) is 19.2 Å². The minimum absolute atomic E-state index is 0.0667. The molecule has 1 amide bonds. The fraction of sp³-hybridized carbons (Fsp3) is 0.429. The number of benzene rings is 1. The molecule has 0 aliphatic carbocycles. The molecule has 2 aliphatic rings. The SMILES string of the molecule is COc1cc2c(cc1O)CC(=O)[C@@H]1COCCN1C2=O. The van der Waals surface area contributed by atoms with Crippen LogP contribution in [-0.2, 0) is 16.0 Å². The summed E-state index contributed by atoms with van der Waals surface area (Å²) in [6.07, 6.45) is 0.114.